The minimum Gasteiger partial charge on any atom is -0.495 e. The Kier molecular flexibility index (Phi) is 4.44. The van der Waals surface area contributed by atoms with Gasteiger partial charge < -0.3 is 10.1 Å². The molecule has 0 unspecified atom stereocenters. The molecule has 4 nitrogen and oxygen atoms in total. The first kappa shape index (κ1) is 13.5. The zero-order valence-corrected chi connectivity index (χ0v) is 11.8. The van der Waals surface area contributed by atoms with Crippen molar-refractivity contribution in [2.45, 2.75) is 33.4 Å². The molecule has 0 atom stereocenters. The van der Waals surface area contributed by atoms with E-state index in [0.717, 1.165) is 30.9 Å². The smallest absolute Gasteiger partial charge is 0.141 e. The maximum Gasteiger partial charge on any atom is 0.141 e. The van der Waals surface area contributed by atoms with Gasteiger partial charge in [-0.15, -0.1) is 0 Å². The van der Waals surface area contributed by atoms with E-state index in [1.807, 2.05) is 23.0 Å². The van der Waals surface area contributed by atoms with Gasteiger partial charge in [0.25, 0.3) is 0 Å². The SMILES string of the molecule is CCCn1cc(CNc2cc(C)ccc2OC)cn1. The summed E-state index contributed by atoms with van der Waals surface area (Å²) in [6, 6.07) is 6.12. The monoisotopic (exact) mass is 259 g/mol. The van der Waals surface area contributed by atoms with Crippen LogP contribution in [0, 0.1) is 6.92 Å². The number of anilines is 1. The van der Waals surface area contributed by atoms with Crippen LogP contribution in [-0.2, 0) is 13.1 Å². The Morgan fingerprint density at radius 2 is 2.21 bits per heavy atom. The van der Waals surface area contributed by atoms with Crippen LogP contribution in [0.1, 0.15) is 24.5 Å². The Morgan fingerprint density at radius 1 is 1.37 bits per heavy atom. The fourth-order valence-electron chi connectivity index (χ4n) is 2.01. The number of nitrogens with zero attached hydrogens (tertiary/aromatic N) is 2. The lowest BCUT2D eigenvalue weighted by Crippen LogP contribution is -2.01. The second kappa shape index (κ2) is 6.27. The Morgan fingerprint density at radius 3 is 2.95 bits per heavy atom. The number of aromatic nitrogens is 2. The summed E-state index contributed by atoms with van der Waals surface area (Å²) in [5.41, 5.74) is 3.41. The summed E-state index contributed by atoms with van der Waals surface area (Å²) in [5, 5.41) is 7.72. The zero-order valence-electron chi connectivity index (χ0n) is 11.8. The summed E-state index contributed by atoms with van der Waals surface area (Å²) in [4.78, 5) is 0. The molecule has 2 rings (SSSR count). The Bertz CT molecular complexity index is 534. The fourth-order valence-corrected chi connectivity index (χ4v) is 2.01. The van der Waals surface area contributed by atoms with Gasteiger partial charge in [0.1, 0.15) is 5.75 Å². The number of aryl methyl sites for hydroxylation is 2. The van der Waals surface area contributed by atoms with Crippen molar-refractivity contribution in [3.05, 3.63) is 41.7 Å². The van der Waals surface area contributed by atoms with Crippen LogP contribution in [0.3, 0.4) is 0 Å². The summed E-state index contributed by atoms with van der Waals surface area (Å²) in [5.74, 6) is 0.867. The van der Waals surface area contributed by atoms with Gasteiger partial charge in [0.2, 0.25) is 0 Å². The van der Waals surface area contributed by atoms with Crippen molar-refractivity contribution < 1.29 is 4.74 Å². The number of benzene rings is 1. The highest BCUT2D eigenvalue weighted by Crippen LogP contribution is 2.25. The molecule has 0 radical (unpaired) electrons. The van der Waals surface area contributed by atoms with Crippen molar-refractivity contribution >= 4 is 5.69 Å². The predicted octanol–water partition coefficient (Wildman–Crippen LogP) is 3.22. The molecule has 0 saturated carbocycles. The van der Waals surface area contributed by atoms with E-state index in [-0.39, 0.29) is 0 Å². The topological polar surface area (TPSA) is 39.1 Å². The normalized spacial score (nSPS) is 10.5. The molecule has 0 aliphatic rings. The van der Waals surface area contributed by atoms with E-state index >= 15 is 0 Å². The number of hydrogen-bond acceptors (Lipinski definition) is 3. The molecule has 0 aliphatic carbocycles. The van der Waals surface area contributed by atoms with Crippen LogP contribution in [0.4, 0.5) is 5.69 Å². The lowest BCUT2D eigenvalue weighted by atomic mass is 10.2. The highest BCUT2D eigenvalue weighted by atomic mass is 16.5. The molecular formula is C15H21N3O. The van der Waals surface area contributed by atoms with Crippen molar-refractivity contribution in [2.75, 3.05) is 12.4 Å². The molecule has 0 spiro atoms. The predicted molar refractivity (Wildman–Crippen MR) is 77.6 cm³/mol. The molecule has 0 bridgehead atoms. The molecule has 0 aliphatic heterocycles. The number of nitrogens with one attached hydrogen (secondary N) is 1. The van der Waals surface area contributed by atoms with Gasteiger partial charge in [-0.3, -0.25) is 4.68 Å². The van der Waals surface area contributed by atoms with Crippen LogP contribution in [-0.4, -0.2) is 16.9 Å². The molecule has 0 amide bonds. The van der Waals surface area contributed by atoms with E-state index in [4.69, 9.17) is 4.74 Å². The minimum absolute atomic E-state index is 0.753. The molecule has 1 aromatic heterocycles. The lowest BCUT2D eigenvalue weighted by Gasteiger charge is -2.11. The van der Waals surface area contributed by atoms with Crippen LogP contribution < -0.4 is 10.1 Å². The van der Waals surface area contributed by atoms with E-state index in [0.29, 0.717) is 0 Å². The first-order valence-electron chi connectivity index (χ1n) is 6.62. The number of hydrogen-bond donors (Lipinski definition) is 1. The van der Waals surface area contributed by atoms with Gasteiger partial charge >= 0.3 is 0 Å². The first-order chi connectivity index (χ1) is 9.22. The second-order valence-corrected chi connectivity index (χ2v) is 4.67. The number of rotatable bonds is 6. The number of ether oxygens (including phenoxy) is 1. The quantitative estimate of drug-likeness (QED) is 0.865. The fraction of sp³-hybridized carbons (Fsp3) is 0.400. The molecule has 0 saturated heterocycles. The molecule has 102 valence electrons. The average molecular weight is 259 g/mol. The summed E-state index contributed by atoms with van der Waals surface area (Å²) in [6.07, 6.45) is 5.09. The van der Waals surface area contributed by atoms with Crippen LogP contribution in [0.25, 0.3) is 0 Å². The Hall–Kier alpha value is -1.97. The molecule has 1 N–H and O–H groups in total. The molecule has 2 aromatic rings. The van der Waals surface area contributed by atoms with Gasteiger partial charge in [-0.1, -0.05) is 13.0 Å². The van der Waals surface area contributed by atoms with Crippen LogP contribution >= 0.6 is 0 Å². The summed E-state index contributed by atoms with van der Waals surface area (Å²) in [6.45, 7) is 5.94. The van der Waals surface area contributed by atoms with Crippen molar-refractivity contribution in [3.63, 3.8) is 0 Å². The van der Waals surface area contributed by atoms with Crippen molar-refractivity contribution in [3.8, 4) is 5.75 Å². The largest absolute Gasteiger partial charge is 0.495 e. The van der Waals surface area contributed by atoms with Crippen LogP contribution in [0.15, 0.2) is 30.6 Å². The van der Waals surface area contributed by atoms with Gasteiger partial charge in [0.05, 0.1) is 19.0 Å². The third-order valence-electron chi connectivity index (χ3n) is 2.98. The molecule has 4 heteroatoms. The molecule has 1 heterocycles. The first-order valence-corrected chi connectivity index (χ1v) is 6.62. The highest BCUT2D eigenvalue weighted by molar-refractivity contribution is 5.58. The summed E-state index contributed by atoms with van der Waals surface area (Å²) < 4.78 is 7.33. The van der Waals surface area contributed by atoms with Crippen molar-refractivity contribution in [1.82, 2.24) is 9.78 Å². The second-order valence-electron chi connectivity index (χ2n) is 4.67. The van der Waals surface area contributed by atoms with Crippen LogP contribution in [0.5, 0.6) is 5.75 Å². The molecule has 0 fully saturated rings. The average Bonchev–Trinajstić information content (AvgIpc) is 2.85. The standard InChI is InChI=1S/C15H21N3O/c1-4-7-18-11-13(10-17-18)9-16-14-8-12(2)5-6-15(14)19-3/h5-6,8,10-11,16H,4,7,9H2,1-3H3. The number of methoxy groups -OCH3 is 1. The van der Waals surface area contributed by atoms with E-state index in [9.17, 15) is 0 Å². The third-order valence-corrected chi connectivity index (χ3v) is 2.98. The van der Waals surface area contributed by atoms with Crippen LogP contribution in [0.2, 0.25) is 0 Å². The Balaban J connectivity index is 2.03. The molecule has 19 heavy (non-hydrogen) atoms. The maximum absolute atomic E-state index is 5.35. The van der Waals surface area contributed by atoms with Crippen molar-refractivity contribution in [1.29, 1.82) is 0 Å². The highest BCUT2D eigenvalue weighted by Gasteiger charge is 2.04. The van der Waals surface area contributed by atoms with E-state index in [2.05, 4.69) is 36.5 Å². The van der Waals surface area contributed by atoms with Gasteiger partial charge in [0.15, 0.2) is 0 Å². The van der Waals surface area contributed by atoms with E-state index in [1.165, 1.54) is 11.1 Å². The summed E-state index contributed by atoms with van der Waals surface area (Å²) >= 11 is 0. The molecule has 1 aromatic carbocycles. The van der Waals surface area contributed by atoms with Gasteiger partial charge in [0, 0.05) is 24.8 Å². The third kappa shape index (κ3) is 3.50. The maximum atomic E-state index is 5.35. The lowest BCUT2D eigenvalue weighted by molar-refractivity contribution is 0.416. The zero-order chi connectivity index (χ0) is 13.7. The summed E-state index contributed by atoms with van der Waals surface area (Å²) in [7, 11) is 1.69. The minimum atomic E-state index is 0.753. The van der Waals surface area contributed by atoms with Gasteiger partial charge in [-0.2, -0.15) is 5.10 Å². The van der Waals surface area contributed by atoms with E-state index in [1.54, 1.807) is 7.11 Å². The van der Waals surface area contributed by atoms with E-state index < -0.39 is 0 Å². The Labute approximate surface area is 114 Å². The molecular weight excluding hydrogens is 238 g/mol. The van der Waals surface area contributed by atoms with Crippen molar-refractivity contribution in [2.24, 2.45) is 0 Å². The van der Waals surface area contributed by atoms with Gasteiger partial charge in [-0.05, 0) is 31.0 Å². The van der Waals surface area contributed by atoms with Gasteiger partial charge in [-0.25, -0.2) is 0 Å².